The number of nitrogens with zero attached hydrogens (tertiary/aromatic N) is 1. The molecule has 3 N–H and O–H groups in total. The molecular formula is C15H13Cl2N3O. The van der Waals surface area contributed by atoms with E-state index in [9.17, 15) is 4.79 Å². The molecule has 0 aliphatic heterocycles. The second-order valence-corrected chi connectivity index (χ2v) is 4.95. The van der Waals surface area contributed by atoms with Crippen molar-refractivity contribution in [3.05, 3.63) is 59.1 Å². The highest BCUT2D eigenvalue weighted by Crippen LogP contribution is 2.19. The lowest BCUT2D eigenvalue weighted by Crippen LogP contribution is -2.12. The minimum atomic E-state index is -0.224. The van der Waals surface area contributed by atoms with Gasteiger partial charge >= 0.3 is 0 Å². The van der Waals surface area contributed by atoms with E-state index in [2.05, 4.69) is 10.3 Å². The topological polar surface area (TPSA) is 67.5 Å². The van der Waals surface area contributed by atoms with Gasteiger partial charge in [-0.05, 0) is 42.5 Å². The summed E-state index contributed by atoms with van der Waals surface area (Å²) in [6.07, 6.45) is 0. The van der Waals surface area contributed by atoms with Crippen LogP contribution in [-0.4, -0.2) is 17.6 Å². The van der Waals surface area contributed by atoms with Crippen LogP contribution in [0.4, 0.5) is 11.4 Å². The number of aliphatic imine (C=N–C) groups is 1. The first-order valence-electron chi connectivity index (χ1n) is 6.14. The van der Waals surface area contributed by atoms with Crippen molar-refractivity contribution in [2.24, 2.45) is 10.7 Å². The van der Waals surface area contributed by atoms with Crippen molar-refractivity contribution in [3.8, 4) is 0 Å². The molecule has 4 nitrogen and oxygen atoms in total. The van der Waals surface area contributed by atoms with Gasteiger partial charge in [0.25, 0.3) is 5.91 Å². The van der Waals surface area contributed by atoms with E-state index in [4.69, 9.17) is 28.9 Å². The van der Waals surface area contributed by atoms with Crippen LogP contribution in [0.1, 0.15) is 10.4 Å². The first-order valence-corrected chi connectivity index (χ1v) is 7.06. The van der Waals surface area contributed by atoms with E-state index in [1.807, 2.05) is 0 Å². The number of carbonyl (C=O) groups is 1. The van der Waals surface area contributed by atoms with Gasteiger partial charge in [-0.1, -0.05) is 17.7 Å². The number of nitrogens with two attached hydrogens (primary N) is 1. The third-order valence-corrected chi connectivity index (χ3v) is 3.15. The lowest BCUT2D eigenvalue weighted by molar-refractivity contribution is 0.102. The Kier molecular flexibility index (Phi) is 5.20. The summed E-state index contributed by atoms with van der Waals surface area (Å²) in [5, 5.41) is 3.37. The Labute approximate surface area is 132 Å². The maximum atomic E-state index is 12.1. The minimum Gasteiger partial charge on any atom is -0.386 e. The first-order chi connectivity index (χ1) is 10.1. The van der Waals surface area contributed by atoms with Crippen molar-refractivity contribution in [1.29, 1.82) is 0 Å². The number of hydrogen-bond donors (Lipinski definition) is 2. The number of halogens is 2. The number of benzene rings is 2. The molecule has 0 atom stereocenters. The van der Waals surface area contributed by atoms with E-state index >= 15 is 0 Å². The average molecular weight is 322 g/mol. The quantitative estimate of drug-likeness (QED) is 0.510. The van der Waals surface area contributed by atoms with E-state index in [1.165, 1.54) is 0 Å². The van der Waals surface area contributed by atoms with E-state index in [0.29, 0.717) is 27.8 Å². The molecule has 0 unspecified atom stereocenters. The van der Waals surface area contributed by atoms with Crippen LogP contribution in [-0.2, 0) is 0 Å². The van der Waals surface area contributed by atoms with E-state index < -0.39 is 0 Å². The third kappa shape index (κ3) is 4.48. The minimum absolute atomic E-state index is 0.154. The number of hydrogen-bond acceptors (Lipinski definition) is 2. The fourth-order valence-corrected chi connectivity index (χ4v) is 1.84. The molecule has 21 heavy (non-hydrogen) atoms. The van der Waals surface area contributed by atoms with E-state index in [1.54, 1.807) is 48.5 Å². The van der Waals surface area contributed by atoms with Gasteiger partial charge in [0.15, 0.2) is 0 Å². The molecule has 1 amide bonds. The van der Waals surface area contributed by atoms with Crippen LogP contribution in [0, 0.1) is 0 Å². The maximum absolute atomic E-state index is 12.1. The smallest absolute Gasteiger partial charge is 0.255 e. The normalized spacial score (nSPS) is 11.2. The molecule has 0 fully saturated rings. The van der Waals surface area contributed by atoms with Crippen LogP contribution in [0.3, 0.4) is 0 Å². The van der Waals surface area contributed by atoms with Crippen LogP contribution in [0.2, 0.25) is 5.02 Å². The SMILES string of the molecule is NC(CCl)=Nc1cccc(NC(=O)c2ccc(Cl)cc2)c1. The summed E-state index contributed by atoms with van der Waals surface area (Å²) in [6.45, 7) is 0. The second-order valence-electron chi connectivity index (χ2n) is 4.25. The van der Waals surface area contributed by atoms with Gasteiger partial charge in [0.05, 0.1) is 11.6 Å². The van der Waals surface area contributed by atoms with Crippen molar-refractivity contribution in [2.45, 2.75) is 0 Å². The molecule has 0 bridgehead atoms. The summed E-state index contributed by atoms with van der Waals surface area (Å²) in [6, 6.07) is 13.7. The molecule has 108 valence electrons. The zero-order valence-corrected chi connectivity index (χ0v) is 12.5. The van der Waals surface area contributed by atoms with Crippen LogP contribution in [0.25, 0.3) is 0 Å². The fourth-order valence-electron chi connectivity index (χ4n) is 1.65. The lowest BCUT2D eigenvalue weighted by atomic mass is 10.2. The Morgan fingerprint density at radius 1 is 1.19 bits per heavy atom. The highest BCUT2D eigenvalue weighted by Gasteiger charge is 2.06. The zero-order chi connectivity index (χ0) is 15.2. The molecule has 0 saturated carbocycles. The molecule has 0 heterocycles. The molecule has 2 rings (SSSR count). The molecule has 0 aromatic heterocycles. The summed E-state index contributed by atoms with van der Waals surface area (Å²) in [4.78, 5) is 16.2. The Morgan fingerprint density at radius 3 is 2.57 bits per heavy atom. The van der Waals surface area contributed by atoms with Gasteiger partial charge in [-0.2, -0.15) is 0 Å². The highest BCUT2D eigenvalue weighted by atomic mass is 35.5. The number of alkyl halides is 1. The van der Waals surface area contributed by atoms with Gasteiger partial charge < -0.3 is 11.1 Å². The third-order valence-electron chi connectivity index (χ3n) is 2.62. The Hall–Kier alpha value is -2.04. The number of carbonyl (C=O) groups excluding carboxylic acids is 1. The summed E-state index contributed by atoms with van der Waals surface area (Å²) < 4.78 is 0. The number of nitrogens with one attached hydrogen (secondary N) is 1. The molecule has 2 aromatic carbocycles. The van der Waals surface area contributed by atoms with Crippen molar-refractivity contribution in [1.82, 2.24) is 0 Å². The van der Waals surface area contributed by atoms with Crippen LogP contribution < -0.4 is 11.1 Å². The Balaban J connectivity index is 2.14. The number of amides is 1. The molecule has 6 heteroatoms. The number of amidine groups is 1. The molecular weight excluding hydrogens is 309 g/mol. The van der Waals surface area contributed by atoms with Gasteiger partial charge in [0, 0.05) is 16.3 Å². The van der Waals surface area contributed by atoms with Crippen molar-refractivity contribution >= 4 is 46.3 Å². The molecule has 0 spiro atoms. The van der Waals surface area contributed by atoms with Crippen LogP contribution in [0.15, 0.2) is 53.5 Å². The van der Waals surface area contributed by atoms with Crippen LogP contribution in [0.5, 0.6) is 0 Å². The standard InChI is InChI=1S/C15H13Cl2N3O/c16-9-14(18)19-12-2-1-3-13(8-12)20-15(21)10-4-6-11(17)7-5-10/h1-8H,9H2,(H2,18,19)(H,20,21). The molecule has 2 aromatic rings. The molecule has 0 aliphatic rings. The Bertz CT molecular complexity index is 669. The lowest BCUT2D eigenvalue weighted by Gasteiger charge is -2.06. The summed E-state index contributed by atoms with van der Waals surface area (Å²) in [5.74, 6) is 0.248. The van der Waals surface area contributed by atoms with Gasteiger partial charge in [0.1, 0.15) is 5.84 Å². The monoisotopic (exact) mass is 321 g/mol. The molecule has 0 aliphatic carbocycles. The van der Waals surface area contributed by atoms with Crippen molar-refractivity contribution in [3.63, 3.8) is 0 Å². The highest BCUT2D eigenvalue weighted by molar-refractivity contribution is 6.30. The maximum Gasteiger partial charge on any atom is 0.255 e. The van der Waals surface area contributed by atoms with Gasteiger partial charge in [-0.15, -0.1) is 11.6 Å². The zero-order valence-electron chi connectivity index (χ0n) is 11.0. The fraction of sp³-hybridized carbons (Fsp3) is 0.0667. The molecule has 0 saturated heterocycles. The summed E-state index contributed by atoms with van der Waals surface area (Å²) >= 11 is 11.4. The van der Waals surface area contributed by atoms with E-state index in [0.717, 1.165) is 0 Å². The number of rotatable bonds is 4. The average Bonchev–Trinajstić information content (AvgIpc) is 2.48. The molecule has 0 radical (unpaired) electrons. The van der Waals surface area contributed by atoms with Crippen molar-refractivity contribution in [2.75, 3.05) is 11.2 Å². The first kappa shape index (κ1) is 15.4. The summed E-state index contributed by atoms with van der Waals surface area (Å²) in [5.41, 5.74) is 7.35. The van der Waals surface area contributed by atoms with Gasteiger partial charge in [-0.25, -0.2) is 4.99 Å². The van der Waals surface area contributed by atoms with Crippen LogP contribution >= 0.6 is 23.2 Å². The van der Waals surface area contributed by atoms with Gasteiger partial charge in [-0.3, -0.25) is 4.79 Å². The largest absolute Gasteiger partial charge is 0.386 e. The van der Waals surface area contributed by atoms with Gasteiger partial charge in [0.2, 0.25) is 0 Å². The van der Waals surface area contributed by atoms with E-state index in [-0.39, 0.29) is 11.8 Å². The predicted octanol–water partition coefficient (Wildman–Crippen LogP) is 3.82. The number of anilines is 1. The second kappa shape index (κ2) is 7.11. The van der Waals surface area contributed by atoms with Crippen molar-refractivity contribution < 1.29 is 4.79 Å². The Morgan fingerprint density at radius 2 is 1.90 bits per heavy atom. The predicted molar refractivity (Wildman–Crippen MR) is 87.8 cm³/mol. The summed E-state index contributed by atoms with van der Waals surface area (Å²) in [7, 11) is 0.